The summed E-state index contributed by atoms with van der Waals surface area (Å²) in [5.41, 5.74) is 3.32. The number of halogens is 1. The molecule has 4 heteroatoms. The molecule has 0 radical (unpaired) electrons. The molecule has 1 heterocycles. The van der Waals surface area contributed by atoms with Crippen LogP contribution in [0.1, 0.15) is 28.8 Å². The summed E-state index contributed by atoms with van der Waals surface area (Å²) < 4.78 is 0.930. The molecule has 2 aromatic carbocycles. The predicted octanol–water partition coefficient (Wildman–Crippen LogP) is 4.73. The van der Waals surface area contributed by atoms with Crippen molar-refractivity contribution in [3.05, 3.63) is 70.3 Å². The molecule has 1 fully saturated rings. The Morgan fingerprint density at radius 2 is 2.00 bits per heavy atom. The van der Waals surface area contributed by atoms with Crippen LogP contribution in [-0.4, -0.2) is 29.4 Å². The highest BCUT2D eigenvalue weighted by Gasteiger charge is 2.47. The Bertz CT molecular complexity index is 911. The Hall–Kier alpha value is -2.07. The van der Waals surface area contributed by atoms with Gasteiger partial charge in [0, 0.05) is 46.1 Å². The number of para-hydroxylation sites is 1. The van der Waals surface area contributed by atoms with Gasteiger partial charge in [-0.1, -0.05) is 40.2 Å². The Labute approximate surface area is 149 Å². The Kier molecular flexibility index (Phi) is 3.72. The van der Waals surface area contributed by atoms with E-state index in [4.69, 9.17) is 0 Å². The molecule has 122 valence electrons. The van der Waals surface area contributed by atoms with Crippen LogP contribution >= 0.6 is 15.9 Å². The third kappa shape index (κ3) is 2.65. The van der Waals surface area contributed by atoms with E-state index in [1.807, 2.05) is 42.3 Å². The van der Waals surface area contributed by atoms with Gasteiger partial charge in [-0.25, -0.2) is 0 Å². The highest BCUT2D eigenvalue weighted by Crippen LogP contribution is 2.50. The Morgan fingerprint density at radius 1 is 1.21 bits per heavy atom. The van der Waals surface area contributed by atoms with Gasteiger partial charge in [0.25, 0.3) is 5.91 Å². The molecule has 1 aromatic heterocycles. The van der Waals surface area contributed by atoms with Crippen LogP contribution in [0.15, 0.2) is 59.2 Å². The molecule has 1 aliphatic rings. The quantitative estimate of drug-likeness (QED) is 0.695. The lowest BCUT2D eigenvalue weighted by Crippen LogP contribution is -2.34. The molecule has 3 nitrogen and oxygen atoms in total. The van der Waals surface area contributed by atoms with E-state index in [9.17, 15) is 4.79 Å². The second-order valence-corrected chi connectivity index (χ2v) is 7.62. The van der Waals surface area contributed by atoms with Crippen LogP contribution in [0.2, 0.25) is 0 Å². The Morgan fingerprint density at radius 3 is 2.75 bits per heavy atom. The molecule has 3 aromatic rings. The van der Waals surface area contributed by atoms with Crippen molar-refractivity contribution in [3.8, 4) is 0 Å². The first-order chi connectivity index (χ1) is 11.6. The molecule has 0 unspecified atom stereocenters. The number of aromatic nitrogens is 1. The zero-order valence-corrected chi connectivity index (χ0v) is 15.1. The fraction of sp³-hybridized carbons (Fsp3) is 0.250. The van der Waals surface area contributed by atoms with Crippen molar-refractivity contribution < 1.29 is 4.79 Å². The fourth-order valence-electron chi connectivity index (χ4n) is 3.54. The fourth-order valence-corrected chi connectivity index (χ4v) is 3.94. The zero-order valence-electron chi connectivity index (χ0n) is 13.6. The number of hydrogen-bond donors (Lipinski definition) is 1. The maximum Gasteiger partial charge on any atom is 0.253 e. The van der Waals surface area contributed by atoms with E-state index in [0.717, 1.165) is 29.4 Å². The van der Waals surface area contributed by atoms with Crippen molar-refractivity contribution in [2.45, 2.75) is 18.3 Å². The van der Waals surface area contributed by atoms with Gasteiger partial charge in [0.2, 0.25) is 0 Å². The number of fused-ring (bicyclic) bond motifs is 1. The van der Waals surface area contributed by atoms with Crippen LogP contribution in [-0.2, 0) is 5.41 Å². The van der Waals surface area contributed by atoms with Gasteiger partial charge in [0.1, 0.15) is 0 Å². The lowest BCUT2D eigenvalue weighted by Gasteiger charge is -2.24. The smallest absolute Gasteiger partial charge is 0.253 e. The van der Waals surface area contributed by atoms with Crippen molar-refractivity contribution >= 4 is 32.7 Å². The van der Waals surface area contributed by atoms with E-state index in [2.05, 4.69) is 45.3 Å². The highest BCUT2D eigenvalue weighted by molar-refractivity contribution is 9.10. The van der Waals surface area contributed by atoms with Crippen molar-refractivity contribution in [1.29, 1.82) is 0 Å². The Balaban J connectivity index is 1.59. The molecule has 0 bridgehead atoms. The summed E-state index contributed by atoms with van der Waals surface area (Å²) >= 11 is 3.44. The summed E-state index contributed by atoms with van der Waals surface area (Å²) in [7, 11) is 1.90. The van der Waals surface area contributed by atoms with Gasteiger partial charge in [-0.15, -0.1) is 0 Å². The van der Waals surface area contributed by atoms with Crippen LogP contribution in [0.25, 0.3) is 10.9 Å². The number of H-pyrrole nitrogens is 1. The summed E-state index contributed by atoms with van der Waals surface area (Å²) in [6.45, 7) is 0.750. The number of nitrogens with one attached hydrogen (secondary N) is 1. The predicted molar refractivity (Wildman–Crippen MR) is 100 cm³/mol. The number of amides is 1. The largest absolute Gasteiger partial charge is 0.361 e. The number of likely N-dealkylation sites (N-methyl/N-ethyl adjacent to an activating group) is 1. The SMILES string of the molecule is CN(CC1(c2c[nH]c3ccccc23)CC1)C(=O)c1cccc(Br)c1. The second-order valence-electron chi connectivity index (χ2n) is 6.70. The van der Waals surface area contributed by atoms with Gasteiger partial charge in [-0.3, -0.25) is 4.79 Å². The second kappa shape index (κ2) is 5.78. The van der Waals surface area contributed by atoms with E-state index in [1.54, 1.807) is 0 Å². The summed E-state index contributed by atoms with van der Waals surface area (Å²) in [6, 6.07) is 16.0. The van der Waals surface area contributed by atoms with Crippen LogP contribution in [0.5, 0.6) is 0 Å². The minimum Gasteiger partial charge on any atom is -0.361 e. The first-order valence-electron chi connectivity index (χ1n) is 8.17. The van der Waals surface area contributed by atoms with E-state index in [1.165, 1.54) is 16.5 Å². The maximum absolute atomic E-state index is 12.7. The third-order valence-corrected chi connectivity index (χ3v) is 5.47. The molecule has 1 N–H and O–H groups in total. The minimum absolute atomic E-state index is 0.0717. The molecule has 1 amide bonds. The molecule has 1 saturated carbocycles. The van der Waals surface area contributed by atoms with E-state index < -0.39 is 0 Å². The van der Waals surface area contributed by atoms with Crippen LogP contribution < -0.4 is 0 Å². The molecule has 0 atom stereocenters. The van der Waals surface area contributed by atoms with Gasteiger partial charge in [0.05, 0.1) is 0 Å². The number of carbonyl (C=O) groups is 1. The minimum atomic E-state index is 0.0717. The number of carbonyl (C=O) groups excluding carboxylic acids is 1. The van der Waals surface area contributed by atoms with Crippen molar-refractivity contribution in [1.82, 2.24) is 9.88 Å². The van der Waals surface area contributed by atoms with E-state index in [-0.39, 0.29) is 11.3 Å². The van der Waals surface area contributed by atoms with Crippen molar-refractivity contribution in [2.75, 3.05) is 13.6 Å². The summed E-state index contributed by atoms with van der Waals surface area (Å²) in [5.74, 6) is 0.0717. The van der Waals surface area contributed by atoms with Gasteiger partial charge in [0.15, 0.2) is 0 Å². The third-order valence-electron chi connectivity index (χ3n) is 4.97. The zero-order chi connectivity index (χ0) is 16.7. The highest BCUT2D eigenvalue weighted by atomic mass is 79.9. The number of aromatic amines is 1. The number of benzene rings is 2. The van der Waals surface area contributed by atoms with E-state index >= 15 is 0 Å². The molecule has 0 saturated heterocycles. The van der Waals surface area contributed by atoms with Crippen molar-refractivity contribution in [2.24, 2.45) is 0 Å². The lowest BCUT2D eigenvalue weighted by molar-refractivity contribution is 0.0781. The molecule has 24 heavy (non-hydrogen) atoms. The summed E-state index contributed by atoms with van der Waals surface area (Å²) in [5, 5.41) is 1.28. The van der Waals surface area contributed by atoms with Gasteiger partial charge in [-0.05, 0) is 42.7 Å². The van der Waals surface area contributed by atoms with E-state index in [0.29, 0.717) is 0 Å². The first kappa shape index (κ1) is 15.5. The molecular formula is C20H19BrN2O. The number of hydrogen-bond acceptors (Lipinski definition) is 1. The normalized spacial score (nSPS) is 15.4. The number of rotatable bonds is 4. The van der Waals surface area contributed by atoms with Crippen LogP contribution in [0.3, 0.4) is 0 Å². The lowest BCUT2D eigenvalue weighted by atomic mass is 9.94. The average molecular weight is 383 g/mol. The maximum atomic E-state index is 12.7. The van der Waals surface area contributed by atoms with Crippen LogP contribution in [0.4, 0.5) is 0 Å². The first-order valence-corrected chi connectivity index (χ1v) is 8.96. The standard InChI is InChI=1S/C20H19BrN2O/c1-23(19(24)14-5-4-6-15(21)11-14)13-20(9-10-20)17-12-22-18-8-3-2-7-16(17)18/h2-8,11-12,22H,9-10,13H2,1H3. The number of nitrogens with zero attached hydrogens (tertiary/aromatic N) is 1. The van der Waals surface area contributed by atoms with Crippen LogP contribution in [0, 0.1) is 0 Å². The summed E-state index contributed by atoms with van der Waals surface area (Å²) in [4.78, 5) is 18.0. The molecular weight excluding hydrogens is 364 g/mol. The topological polar surface area (TPSA) is 36.1 Å². The molecule has 1 aliphatic carbocycles. The van der Waals surface area contributed by atoms with Crippen molar-refractivity contribution in [3.63, 3.8) is 0 Å². The van der Waals surface area contributed by atoms with Gasteiger partial charge >= 0.3 is 0 Å². The molecule has 0 aliphatic heterocycles. The van der Waals surface area contributed by atoms with Gasteiger partial charge in [-0.2, -0.15) is 0 Å². The molecule has 4 rings (SSSR count). The van der Waals surface area contributed by atoms with Gasteiger partial charge < -0.3 is 9.88 Å². The summed E-state index contributed by atoms with van der Waals surface area (Å²) in [6.07, 6.45) is 4.38. The average Bonchev–Trinajstić information content (AvgIpc) is 3.22. The molecule has 0 spiro atoms. The monoisotopic (exact) mass is 382 g/mol.